The molecule has 2 aliphatic rings. The van der Waals surface area contributed by atoms with Crippen molar-refractivity contribution < 1.29 is 14.7 Å². The molecule has 1 heterocycles. The molecule has 30 heavy (non-hydrogen) atoms. The fraction of sp³-hybridized carbons (Fsp3) is 0.360. The van der Waals surface area contributed by atoms with Crippen LogP contribution < -0.4 is 0 Å². The number of carboxylic acid groups (broad SMARTS) is 1. The second kappa shape index (κ2) is 8.68. The van der Waals surface area contributed by atoms with Gasteiger partial charge in [0.15, 0.2) is 4.87 Å². The maximum Gasteiger partial charge on any atom is 0.341 e. The minimum atomic E-state index is -1.31. The number of amides is 1. The maximum absolute atomic E-state index is 13.7. The number of aryl methyl sites for hydroxylation is 1. The monoisotopic (exact) mass is 421 g/mol. The summed E-state index contributed by atoms with van der Waals surface area (Å²) in [6, 6.07) is 17.2. The quantitative estimate of drug-likeness (QED) is 0.670. The number of aliphatic carboxylic acids is 1. The highest BCUT2D eigenvalue weighted by atomic mass is 32.2. The van der Waals surface area contributed by atoms with Gasteiger partial charge in [0.2, 0.25) is 0 Å². The summed E-state index contributed by atoms with van der Waals surface area (Å²) in [5.41, 5.74) is 2.63. The number of carbonyl (C=O) groups excluding carboxylic acids is 1. The minimum Gasteiger partial charge on any atom is -0.479 e. The van der Waals surface area contributed by atoms with Crippen molar-refractivity contribution in [3.8, 4) is 0 Å². The Morgan fingerprint density at radius 3 is 2.30 bits per heavy atom. The molecule has 0 aromatic heterocycles. The van der Waals surface area contributed by atoms with E-state index < -0.39 is 10.8 Å². The predicted octanol–water partition coefficient (Wildman–Crippen LogP) is 5.73. The zero-order valence-electron chi connectivity index (χ0n) is 17.2. The van der Waals surface area contributed by atoms with Crippen LogP contribution in [0.4, 0.5) is 0 Å². The number of hydrogen-bond donors (Lipinski definition) is 1. The van der Waals surface area contributed by atoms with Crippen LogP contribution in [0.1, 0.15) is 60.0 Å². The number of thioether (sulfide) groups is 1. The van der Waals surface area contributed by atoms with E-state index in [0.717, 1.165) is 48.1 Å². The van der Waals surface area contributed by atoms with Crippen LogP contribution in [0.5, 0.6) is 0 Å². The second-order valence-electron chi connectivity index (χ2n) is 8.16. The largest absolute Gasteiger partial charge is 0.479 e. The van der Waals surface area contributed by atoms with Gasteiger partial charge in [0.05, 0.1) is 0 Å². The van der Waals surface area contributed by atoms with Crippen molar-refractivity contribution >= 4 is 28.5 Å². The molecule has 4 rings (SSSR count). The Bertz CT molecular complexity index is 948. The lowest BCUT2D eigenvalue weighted by atomic mass is 9.91. The zero-order valence-corrected chi connectivity index (χ0v) is 18.0. The van der Waals surface area contributed by atoms with Crippen molar-refractivity contribution in [3.63, 3.8) is 0 Å². The van der Waals surface area contributed by atoms with E-state index in [1.165, 1.54) is 11.8 Å². The highest BCUT2D eigenvalue weighted by Gasteiger charge is 2.53. The van der Waals surface area contributed by atoms with Crippen molar-refractivity contribution in [1.82, 2.24) is 4.90 Å². The van der Waals surface area contributed by atoms with E-state index >= 15 is 0 Å². The van der Waals surface area contributed by atoms with Crippen LogP contribution in [0, 0.1) is 6.92 Å². The zero-order chi connectivity index (χ0) is 21.1. The molecular formula is C25H27NO3S. The summed E-state index contributed by atoms with van der Waals surface area (Å²) in [4.78, 5) is 27.8. The molecule has 1 atom stereocenters. The van der Waals surface area contributed by atoms with Crippen LogP contribution in [-0.4, -0.2) is 32.8 Å². The van der Waals surface area contributed by atoms with Crippen LogP contribution in [0.2, 0.25) is 0 Å². The van der Waals surface area contributed by atoms with Crippen molar-refractivity contribution in [1.29, 1.82) is 0 Å². The molecule has 156 valence electrons. The molecule has 1 fully saturated rings. The average molecular weight is 422 g/mol. The molecule has 0 radical (unpaired) electrons. The first kappa shape index (κ1) is 20.7. The van der Waals surface area contributed by atoms with Crippen molar-refractivity contribution in [2.75, 3.05) is 0 Å². The summed E-state index contributed by atoms with van der Waals surface area (Å²) < 4.78 is 0. The highest BCUT2D eigenvalue weighted by Crippen LogP contribution is 2.51. The van der Waals surface area contributed by atoms with Gasteiger partial charge in [-0.05, 0) is 37.5 Å². The van der Waals surface area contributed by atoms with Gasteiger partial charge in [-0.1, -0.05) is 85.1 Å². The van der Waals surface area contributed by atoms with Gasteiger partial charge in [0, 0.05) is 22.9 Å². The molecule has 0 spiro atoms. The smallest absolute Gasteiger partial charge is 0.341 e. The molecule has 4 nitrogen and oxygen atoms in total. The summed E-state index contributed by atoms with van der Waals surface area (Å²) in [7, 11) is 0. The molecule has 5 heteroatoms. The van der Waals surface area contributed by atoms with E-state index in [9.17, 15) is 14.7 Å². The van der Waals surface area contributed by atoms with Gasteiger partial charge in [-0.15, -0.1) is 0 Å². The van der Waals surface area contributed by atoms with Gasteiger partial charge in [-0.25, -0.2) is 4.79 Å². The van der Waals surface area contributed by atoms with Gasteiger partial charge in [0.1, 0.15) is 0 Å². The van der Waals surface area contributed by atoms with Crippen LogP contribution in [0.15, 0.2) is 60.7 Å². The van der Waals surface area contributed by atoms with E-state index in [0.29, 0.717) is 12.0 Å². The third-order valence-corrected chi connectivity index (χ3v) is 7.58. The van der Waals surface area contributed by atoms with Crippen LogP contribution in [0.25, 0.3) is 4.91 Å². The van der Waals surface area contributed by atoms with Crippen LogP contribution >= 0.6 is 11.8 Å². The van der Waals surface area contributed by atoms with Gasteiger partial charge in [0.25, 0.3) is 5.91 Å². The number of carbonyl (C=O) groups is 2. The lowest BCUT2D eigenvalue weighted by molar-refractivity contribution is -0.145. The molecular weight excluding hydrogens is 394 g/mol. The van der Waals surface area contributed by atoms with Gasteiger partial charge in [-0.2, -0.15) is 0 Å². The Hall–Kier alpha value is -2.53. The molecule has 2 aromatic carbocycles. The summed E-state index contributed by atoms with van der Waals surface area (Å²) in [6.45, 7) is 1.98. The Labute approximate surface area is 182 Å². The average Bonchev–Trinajstić information content (AvgIpc) is 3.22. The lowest BCUT2D eigenvalue weighted by Crippen LogP contribution is -2.58. The summed E-state index contributed by atoms with van der Waals surface area (Å²) in [5.74, 6) is -1.12. The van der Waals surface area contributed by atoms with Crippen molar-refractivity contribution in [3.05, 3.63) is 77.4 Å². The second-order valence-corrected chi connectivity index (χ2v) is 9.48. The van der Waals surface area contributed by atoms with Gasteiger partial charge < -0.3 is 10.0 Å². The Morgan fingerprint density at radius 2 is 1.67 bits per heavy atom. The van der Waals surface area contributed by atoms with E-state index in [1.54, 1.807) is 4.90 Å². The number of rotatable bonds is 5. The fourth-order valence-electron chi connectivity index (χ4n) is 4.46. The minimum absolute atomic E-state index is 0.0559. The normalized spacial score (nSPS) is 21.8. The Morgan fingerprint density at radius 1 is 1.00 bits per heavy atom. The van der Waals surface area contributed by atoms with Gasteiger partial charge in [-0.3, -0.25) is 4.79 Å². The first-order chi connectivity index (χ1) is 14.5. The Balaban J connectivity index is 1.73. The molecule has 1 amide bonds. The summed E-state index contributed by atoms with van der Waals surface area (Å²) >= 11 is 1.31. The highest BCUT2D eigenvalue weighted by molar-refractivity contribution is 8.10. The Kier molecular flexibility index (Phi) is 6.00. The first-order valence-electron chi connectivity index (χ1n) is 10.6. The van der Waals surface area contributed by atoms with Gasteiger partial charge >= 0.3 is 5.97 Å². The number of nitrogens with zero attached hydrogens (tertiary/aromatic N) is 1. The third-order valence-electron chi connectivity index (χ3n) is 6.08. The molecule has 1 unspecified atom stereocenters. The molecule has 0 bridgehead atoms. The van der Waals surface area contributed by atoms with Crippen LogP contribution in [-0.2, 0) is 4.79 Å². The molecule has 1 aliphatic heterocycles. The number of hydrogen-bond acceptors (Lipinski definition) is 3. The molecule has 1 aliphatic carbocycles. The van der Waals surface area contributed by atoms with Crippen LogP contribution in [0.3, 0.4) is 0 Å². The SMILES string of the molecule is Cc1ccc(C(=O)N(C2CCCCC2)C2(C(=O)O)CC=C(c3ccccc3)S2)cc1. The number of benzene rings is 2. The predicted molar refractivity (Wildman–Crippen MR) is 121 cm³/mol. The number of carboxylic acids is 1. The lowest BCUT2D eigenvalue weighted by Gasteiger charge is -2.44. The summed E-state index contributed by atoms with van der Waals surface area (Å²) in [5, 5.41) is 10.4. The topological polar surface area (TPSA) is 57.6 Å². The van der Waals surface area contributed by atoms with E-state index in [2.05, 4.69) is 0 Å². The molecule has 1 saturated carbocycles. The standard InChI is InChI=1S/C25H27NO3S/c1-18-12-14-20(15-13-18)23(27)26(21-10-6-3-7-11-21)25(24(28)29)17-16-22(30-25)19-8-4-2-5-9-19/h2,4-5,8-9,12-16,21H,3,6-7,10-11,17H2,1H3,(H,28,29). The van der Waals surface area contributed by atoms with E-state index in [4.69, 9.17) is 0 Å². The first-order valence-corrected chi connectivity index (χ1v) is 11.4. The molecule has 2 aromatic rings. The maximum atomic E-state index is 13.7. The molecule has 0 saturated heterocycles. The third kappa shape index (κ3) is 3.91. The summed E-state index contributed by atoms with van der Waals surface area (Å²) in [6.07, 6.45) is 7.20. The fourth-order valence-corrected chi connectivity index (χ4v) is 5.82. The van der Waals surface area contributed by atoms with E-state index in [1.807, 2.05) is 67.6 Å². The van der Waals surface area contributed by atoms with E-state index in [-0.39, 0.29) is 11.9 Å². The van der Waals surface area contributed by atoms with Crippen molar-refractivity contribution in [2.24, 2.45) is 0 Å². The van der Waals surface area contributed by atoms with Crippen molar-refractivity contribution in [2.45, 2.75) is 56.4 Å². The molecule has 1 N–H and O–H groups in total.